The number of aryl methyl sites for hydroxylation is 2. The molecule has 3 rings (SSSR count). The summed E-state index contributed by atoms with van der Waals surface area (Å²) < 4.78 is 0. The predicted molar refractivity (Wildman–Crippen MR) is 93.3 cm³/mol. The maximum absolute atomic E-state index is 12.3. The monoisotopic (exact) mass is 337 g/mol. The van der Waals surface area contributed by atoms with Crippen LogP contribution in [0.2, 0.25) is 0 Å². The number of aromatic nitrogens is 1. The van der Waals surface area contributed by atoms with Gasteiger partial charge in [0, 0.05) is 30.0 Å². The van der Waals surface area contributed by atoms with Crippen LogP contribution in [0.4, 0.5) is 5.13 Å². The molecule has 0 unspecified atom stereocenters. The zero-order chi connectivity index (χ0) is 15.0. The Morgan fingerprint density at radius 3 is 2.82 bits per heavy atom. The zero-order valence-corrected chi connectivity index (χ0v) is 14.6. The molecule has 2 aromatic rings. The molecule has 1 aromatic carbocycles. The first-order valence-corrected chi connectivity index (χ1v) is 7.90. The van der Waals surface area contributed by atoms with E-state index in [1.807, 2.05) is 32.0 Å². The molecule has 0 bridgehead atoms. The molecule has 0 spiro atoms. The number of benzene rings is 1. The van der Waals surface area contributed by atoms with Gasteiger partial charge >= 0.3 is 0 Å². The van der Waals surface area contributed by atoms with Crippen molar-refractivity contribution in [2.75, 3.05) is 18.9 Å². The van der Waals surface area contributed by atoms with Crippen LogP contribution in [0.15, 0.2) is 18.2 Å². The maximum Gasteiger partial charge on any atom is 0.257 e. The third-order valence-corrected chi connectivity index (χ3v) is 4.91. The van der Waals surface area contributed by atoms with Gasteiger partial charge in [0.15, 0.2) is 5.13 Å². The number of hydrogen-bond donors (Lipinski definition) is 1. The van der Waals surface area contributed by atoms with Crippen molar-refractivity contribution >= 4 is 34.8 Å². The van der Waals surface area contributed by atoms with Gasteiger partial charge in [-0.05, 0) is 44.2 Å². The molecular weight excluding hydrogens is 318 g/mol. The van der Waals surface area contributed by atoms with Crippen LogP contribution in [-0.4, -0.2) is 29.4 Å². The Kier molecular flexibility index (Phi) is 5.21. The zero-order valence-electron chi connectivity index (χ0n) is 13.0. The highest BCUT2D eigenvalue weighted by atomic mass is 35.5. The van der Waals surface area contributed by atoms with Gasteiger partial charge in [-0.25, -0.2) is 4.98 Å². The van der Waals surface area contributed by atoms with Gasteiger partial charge in [0.05, 0.1) is 5.69 Å². The van der Waals surface area contributed by atoms with E-state index in [1.54, 1.807) is 11.3 Å². The van der Waals surface area contributed by atoms with E-state index in [2.05, 4.69) is 22.2 Å². The van der Waals surface area contributed by atoms with Crippen LogP contribution in [0.25, 0.3) is 0 Å². The van der Waals surface area contributed by atoms with E-state index >= 15 is 0 Å². The fourth-order valence-electron chi connectivity index (χ4n) is 2.43. The molecule has 0 fully saturated rings. The lowest BCUT2D eigenvalue weighted by atomic mass is 10.1. The molecule has 1 aromatic heterocycles. The van der Waals surface area contributed by atoms with Gasteiger partial charge in [-0.1, -0.05) is 6.07 Å². The van der Waals surface area contributed by atoms with Gasteiger partial charge in [0.2, 0.25) is 0 Å². The van der Waals surface area contributed by atoms with Crippen LogP contribution in [0, 0.1) is 13.8 Å². The van der Waals surface area contributed by atoms with Crippen LogP contribution in [0.1, 0.15) is 32.1 Å². The number of nitrogens with one attached hydrogen (secondary N) is 1. The first-order chi connectivity index (χ1) is 10.0. The van der Waals surface area contributed by atoms with Gasteiger partial charge in [0.25, 0.3) is 5.91 Å². The number of halogens is 1. The number of rotatable bonds is 2. The topological polar surface area (TPSA) is 45.2 Å². The van der Waals surface area contributed by atoms with E-state index in [0.717, 1.165) is 30.8 Å². The number of hydrogen-bond acceptors (Lipinski definition) is 4. The maximum atomic E-state index is 12.3. The summed E-state index contributed by atoms with van der Waals surface area (Å²) in [5.74, 6) is -0.0856. The molecule has 4 nitrogen and oxygen atoms in total. The minimum atomic E-state index is -0.0856. The highest BCUT2D eigenvalue weighted by molar-refractivity contribution is 7.15. The summed E-state index contributed by atoms with van der Waals surface area (Å²) in [4.78, 5) is 20.4. The SMILES string of the molecule is Cc1ccc(C(=O)Nc2nc3c(s2)CN(C)CC3)cc1C.Cl. The molecule has 22 heavy (non-hydrogen) atoms. The normalized spacial score (nSPS) is 14.1. The summed E-state index contributed by atoms with van der Waals surface area (Å²) in [6.07, 6.45) is 0.960. The van der Waals surface area contributed by atoms with Gasteiger partial charge in [-0.15, -0.1) is 23.7 Å². The number of nitrogens with zero attached hydrogens (tertiary/aromatic N) is 2. The van der Waals surface area contributed by atoms with Crippen LogP contribution < -0.4 is 5.32 Å². The molecule has 0 radical (unpaired) electrons. The second-order valence-electron chi connectivity index (χ2n) is 5.63. The highest BCUT2D eigenvalue weighted by Crippen LogP contribution is 2.28. The Morgan fingerprint density at radius 1 is 1.32 bits per heavy atom. The number of carbonyl (C=O) groups excluding carboxylic acids is 1. The average molecular weight is 338 g/mol. The van der Waals surface area contributed by atoms with Crippen molar-refractivity contribution in [2.45, 2.75) is 26.8 Å². The quantitative estimate of drug-likeness (QED) is 0.913. The van der Waals surface area contributed by atoms with E-state index < -0.39 is 0 Å². The second kappa shape index (κ2) is 6.77. The Labute approximate surface area is 141 Å². The summed E-state index contributed by atoms with van der Waals surface area (Å²) in [5, 5.41) is 3.63. The van der Waals surface area contributed by atoms with Crippen molar-refractivity contribution in [3.05, 3.63) is 45.5 Å². The average Bonchev–Trinajstić information content (AvgIpc) is 2.83. The van der Waals surface area contributed by atoms with Gasteiger partial charge in [-0.3, -0.25) is 10.1 Å². The Balaban J connectivity index is 0.00000176. The summed E-state index contributed by atoms with van der Waals surface area (Å²) in [6, 6.07) is 5.76. The number of likely N-dealkylation sites (N-methyl/N-ethyl adjacent to an activating group) is 1. The van der Waals surface area contributed by atoms with E-state index in [0.29, 0.717) is 10.7 Å². The largest absolute Gasteiger partial charge is 0.301 e. The first kappa shape index (κ1) is 16.9. The fraction of sp³-hybridized carbons (Fsp3) is 0.375. The highest BCUT2D eigenvalue weighted by Gasteiger charge is 2.19. The van der Waals surface area contributed by atoms with E-state index in [4.69, 9.17) is 0 Å². The van der Waals surface area contributed by atoms with Crippen molar-refractivity contribution in [2.24, 2.45) is 0 Å². The lowest BCUT2D eigenvalue weighted by Crippen LogP contribution is -2.25. The van der Waals surface area contributed by atoms with Gasteiger partial charge in [-0.2, -0.15) is 0 Å². The number of carbonyl (C=O) groups is 1. The van der Waals surface area contributed by atoms with Crippen molar-refractivity contribution < 1.29 is 4.79 Å². The molecule has 6 heteroatoms. The summed E-state index contributed by atoms with van der Waals surface area (Å²) in [6.45, 7) is 6.01. The van der Waals surface area contributed by atoms with Gasteiger partial charge in [0.1, 0.15) is 0 Å². The standard InChI is InChI=1S/C16H19N3OS.ClH/c1-10-4-5-12(8-11(10)2)15(20)18-16-17-13-6-7-19(3)9-14(13)21-16;/h4-5,8H,6-7,9H2,1-3H3,(H,17,18,20);1H. The Hall–Kier alpha value is -1.43. The van der Waals surface area contributed by atoms with Crippen LogP contribution in [0.3, 0.4) is 0 Å². The van der Waals surface area contributed by atoms with E-state index in [1.165, 1.54) is 10.4 Å². The second-order valence-corrected chi connectivity index (χ2v) is 6.71. The third-order valence-electron chi connectivity index (χ3n) is 3.91. The minimum Gasteiger partial charge on any atom is -0.301 e. The smallest absolute Gasteiger partial charge is 0.257 e. The molecule has 0 atom stereocenters. The fourth-order valence-corrected chi connectivity index (χ4v) is 3.51. The number of fused-ring (bicyclic) bond motifs is 1. The molecule has 1 amide bonds. The summed E-state index contributed by atoms with van der Waals surface area (Å²) in [5.41, 5.74) is 4.14. The minimum absolute atomic E-state index is 0. The van der Waals surface area contributed by atoms with Gasteiger partial charge < -0.3 is 4.90 Å². The predicted octanol–water partition coefficient (Wildman–Crippen LogP) is 3.42. The molecule has 1 N–H and O–H groups in total. The molecular formula is C16H20ClN3OS. The van der Waals surface area contributed by atoms with Crippen molar-refractivity contribution in [3.63, 3.8) is 0 Å². The summed E-state index contributed by atoms with van der Waals surface area (Å²) >= 11 is 1.58. The van der Waals surface area contributed by atoms with Crippen LogP contribution in [-0.2, 0) is 13.0 Å². The van der Waals surface area contributed by atoms with Crippen LogP contribution in [0.5, 0.6) is 0 Å². The van der Waals surface area contributed by atoms with Crippen molar-refractivity contribution in [3.8, 4) is 0 Å². The molecule has 0 saturated heterocycles. The number of anilines is 1. The van der Waals surface area contributed by atoms with Crippen molar-refractivity contribution in [1.82, 2.24) is 9.88 Å². The van der Waals surface area contributed by atoms with Crippen LogP contribution >= 0.6 is 23.7 Å². The molecule has 0 aliphatic carbocycles. The molecule has 118 valence electrons. The van der Waals surface area contributed by atoms with Crippen molar-refractivity contribution in [1.29, 1.82) is 0 Å². The third kappa shape index (κ3) is 3.48. The lowest BCUT2D eigenvalue weighted by molar-refractivity contribution is 0.102. The molecule has 0 saturated carbocycles. The first-order valence-electron chi connectivity index (χ1n) is 7.08. The number of amides is 1. The molecule has 2 heterocycles. The van der Waals surface area contributed by atoms with E-state index in [-0.39, 0.29) is 18.3 Å². The molecule has 1 aliphatic rings. The number of thiazole rings is 1. The Morgan fingerprint density at radius 2 is 2.09 bits per heavy atom. The van der Waals surface area contributed by atoms with E-state index in [9.17, 15) is 4.79 Å². The summed E-state index contributed by atoms with van der Waals surface area (Å²) in [7, 11) is 2.11. The molecule has 1 aliphatic heterocycles. The lowest BCUT2D eigenvalue weighted by Gasteiger charge is -2.20. The Bertz CT molecular complexity index is 699.